The number of carbonyl (C=O) groups excluding carboxylic acids is 1. The molecule has 0 aromatic rings. The Labute approximate surface area is 539 Å². The molecule has 2 rings (SSSR count). The summed E-state index contributed by atoms with van der Waals surface area (Å²) in [5, 5.41) is 87.2. The van der Waals surface area contributed by atoms with Crippen LogP contribution < -0.4 is 5.32 Å². The summed E-state index contributed by atoms with van der Waals surface area (Å²) in [6.07, 6.45) is 69.4. The van der Waals surface area contributed by atoms with E-state index in [0.717, 1.165) is 96.3 Å². The molecule has 0 saturated carbocycles. The Morgan fingerprint density at radius 3 is 1.24 bits per heavy atom. The van der Waals surface area contributed by atoms with Crippen LogP contribution in [0.2, 0.25) is 0 Å². The third-order valence-corrected chi connectivity index (χ3v) is 16.1. The van der Waals surface area contributed by atoms with E-state index < -0.39 is 86.8 Å². The first-order valence-electron chi connectivity index (χ1n) is 34.9. The monoisotopic (exact) mass is 1250 g/mol. The summed E-state index contributed by atoms with van der Waals surface area (Å²) < 4.78 is 22.8. The van der Waals surface area contributed by atoms with Crippen LogP contribution in [0.25, 0.3) is 0 Å². The quantitative estimate of drug-likeness (QED) is 0.0204. The highest BCUT2D eigenvalue weighted by molar-refractivity contribution is 5.76. The van der Waals surface area contributed by atoms with Gasteiger partial charge >= 0.3 is 0 Å². The van der Waals surface area contributed by atoms with Crippen LogP contribution in [0.1, 0.15) is 239 Å². The molecule has 0 bridgehead atoms. The van der Waals surface area contributed by atoms with E-state index in [-0.39, 0.29) is 18.9 Å². The van der Waals surface area contributed by atoms with Crippen molar-refractivity contribution < 1.29 is 64.6 Å². The third-order valence-electron chi connectivity index (χ3n) is 16.1. The van der Waals surface area contributed by atoms with E-state index in [2.05, 4.69) is 141 Å². The maximum Gasteiger partial charge on any atom is 0.220 e. The molecule has 0 aromatic carbocycles. The number of aliphatic hydroxyl groups is 8. The van der Waals surface area contributed by atoms with E-state index in [1.807, 2.05) is 6.08 Å². The molecule has 2 aliphatic rings. The van der Waals surface area contributed by atoms with Gasteiger partial charge in [0.15, 0.2) is 12.6 Å². The molecule has 2 heterocycles. The predicted molar refractivity (Wildman–Crippen MR) is 364 cm³/mol. The predicted octanol–water partition coefficient (Wildman–Crippen LogP) is 14.3. The van der Waals surface area contributed by atoms with Crippen LogP contribution in [-0.2, 0) is 23.7 Å². The highest BCUT2D eigenvalue weighted by atomic mass is 16.7. The number of carbonyl (C=O) groups is 1. The molecule has 0 aliphatic carbocycles. The SMILES string of the molecule is CC/C=C\C/C=C\C/C=C\C/C=C\C/C=C\C/C=C\C/C=C\C/C=C\C/C=C\CCCCCCCCCCCCCCCC(=O)NC(COC1OC(CO)C(OC2OC(CO)C(O)C(O)C2O)C(O)C1O)C(O)/C=C/CC/C=C/CCCCCCCCCC. The zero-order valence-corrected chi connectivity index (χ0v) is 55.1. The van der Waals surface area contributed by atoms with Gasteiger partial charge in [0, 0.05) is 6.42 Å². The minimum absolute atomic E-state index is 0.256. The van der Waals surface area contributed by atoms with Crippen molar-refractivity contribution in [3.05, 3.63) is 134 Å². The van der Waals surface area contributed by atoms with Crippen molar-refractivity contribution in [2.24, 2.45) is 0 Å². The van der Waals surface area contributed by atoms with Gasteiger partial charge < -0.3 is 65.1 Å². The molecule has 0 aromatic heterocycles. The second kappa shape index (κ2) is 58.0. The third kappa shape index (κ3) is 42.1. The average molecular weight is 1250 g/mol. The first-order valence-corrected chi connectivity index (χ1v) is 34.9. The minimum Gasteiger partial charge on any atom is -0.394 e. The maximum absolute atomic E-state index is 13.3. The van der Waals surface area contributed by atoms with Crippen LogP contribution in [0.4, 0.5) is 0 Å². The van der Waals surface area contributed by atoms with Crippen molar-refractivity contribution >= 4 is 5.91 Å². The summed E-state index contributed by atoms with van der Waals surface area (Å²) in [6, 6.07) is -0.939. The fourth-order valence-corrected chi connectivity index (χ4v) is 10.5. The van der Waals surface area contributed by atoms with Crippen molar-refractivity contribution in [2.45, 2.75) is 312 Å². The average Bonchev–Trinajstić information content (AvgIpc) is 2.74. The highest BCUT2D eigenvalue weighted by Crippen LogP contribution is 2.30. The van der Waals surface area contributed by atoms with E-state index in [1.54, 1.807) is 6.08 Å². The molecule has 0 radical (unpaired) electrons. The molecule has 14 heteroatoms. The summed E-state index contributed by atoms with van der Waals surface area (Å²) >= 11 is 0. The molecule has 89 heavy (non-hydrogen) atoms. The summed E-state index contributed by atoms with van der Waals surface area (Å²) in [6.45, 7) is 2.65. The number of amides is 1. The Morgan fingerprint density at radius 2 is 0.787 bits per heavy atom. The second-order valence-electron chi connectivity index (χ2n) is 23.9. The number of hydrogen-bond acceptors (Lipinski definition) is 13. The van der Waals surface area contributed by atoms with Crippen LogP contribution in [0.15, 0.2) is 134 Å². The Hall–Kier alpha value is -3.87. The molecule has 0 spiro atoms. The first kappa shape index (κ1) is 81.2. The van der Waals surface area contributed by atoms with Gasteiger partial charge in [0.1, 0.15) is 48.8 Å². The number of ether oxygens (including phenoxy) is 4. The zero-order valence-electron chi connectivity index (χ0n) is 55.1. The van der Waals surface area contributed by atoms with Crippen molar-refractivity contribution in [3.8, 4) is 0 Å². The number of allylic oxidation sites excluding steroid dienone is 21. The number of aliphatic hydroxyl groups excluding tert-OH is 8. The van der Waals surface area contributed by atoms with Crippen molar-refractivity contribution in [3.63, 3.8) is 0 Å². The summed E-state index contributed by atoms with van der Waals surface area (Å²) in [5.74, 6) is -0.256. The lowest BCUT2D eigenvalue weighted by atomic mass is 9.97. The molecule has 1 amide bonds. The van der Waals surface area contributed by atoms with E-state index in [4.69, 9.17) is 18.9 Å². The summed E-state index contributed by atoms with van der Waals surface area (Å²) in [5.41, 5.74) is 0. The van der Waals surface area contributed by atoms with Gasteiger partial charge in [-0.05, 0) is 103 Å². The Morgan fingerprint density at radius 1 is 0.416 bits per heavy atom. The van der Waals surface area contributed by atoms with Crippen LogP contribution in [0.3, 0.4) is 0 Å². The number of nitrogens with one attached hydrogen (secondary N) is 1. The number of rotatable bonds is 55. The van der Waals surface area contributed by atoms with Gasteiger partial charge in [-0.15, -0.1) is 0 Å². The maximum atomic E-state index is 13.3. The van der Waals surface area contributed by atoms with E-state index in [9.17, 15) is 45.6 Å². The van der Waals surface area contributed by atoms with Gasteiger partial charge in [-0.2, -0.15) is 0 Å². The summed E-state index contributed by atoms with van der Waals surface area (Å²) in [4.78, 5) is 13.3. The molecule has 9 N–H and O–H groups in total. The largest absolute Gasteiger partial charge is 0.394 e. The molecule has 12 atom stereocenters. The van der Waals surface area contributed by atoms with Gasteiger partial charge in [0.25, 0.3) is 0 Å². The molecule has 14 nitrogen and oxygen atoms in total. The van der Waals surface area contributed by atoms with Crippen LogP contribution in [-0.4, -0.2) is 140 Å². The molecule has 508 valence electrons. The van der Waals surface area contributed by atoms with Gasteiger partial charge in [0.05, 0.1) is 32.0 Å². The zero-order chi connectivity index (χ0) is 64.5. The number of unbranched alkanes of at least 4 members (excludes halogenated alkanes) is 22. The molecular weight excluding hydrogens is 1120 g/mol. The second-order valence-corrected chi connectivity index (χ2v) is 23.9. The molecule has 2 aliphatic heterocycles. The number of hydrogen-bond donors (Lipinski definition) is 9. The molecule has 12 unspecified atom stereocenters. The fourth-order valence-electron chi connectivity index (χ4n) is 10.5. The van der Waals surface area contributed by atoms with Crippen LogP contribution >= 0.6 is 0 Å². The Balaban J connectivity index is 1.60. The first-order chi connectivity index (χ1) is 43.6. The van der Waals surface area contributed by atoms with Crippen molar-refractivity contribution in [1.82, 2.24) is 5.32 Å². The molecular formula is C75H125NO13. The Kier molecular flexibility index (Phi) is 52.9. The lowest BCUT2D eigenvalue weighted by Crippen LogP contribution is -2.65. The Bertz CT molecular complexity index is 2010. The lowest BCUT2D eigenvalue weighted by molar-refractivity contribution is -0.359. The lowest BCUT2D eigenvalue weighted by Gasteiger charge is -2.46. The van der Waals surface area contributed by atoms with Crippen LogP contribution in [0, 0.1) is 0 Å². The van der Waals surface area contributed by atoms with Crippen molar-refractivity contribution in [2.75, 3.05) is 19.8 Å². The van der Waals surface area contributed by atoms with Crippen molar-refractivity contribution in [1.29, 1.82) is 0 Å². The molecule has 2 fully saturated rings. The van der Waals surface area contributed by atoms with Crippen LogP contribution in [0.5, 0.6) is 0 Å². The minimum atomic E-state index is -1.80. The smallest absolute Gasteiger partial charge is 0.220 e. The summed E-state index contributed by atoms with van der Waals surface area (Å²) in [7, 11) is 0. The van der Waals surface area contributed by atoms with Gasteiger partial charge in [0.2, 0.25) is 5.91 Å². The molecule has 2 saturated heterocycles. The van der Waals surface area contributed by atoms with E-state index >= 15 is 0 Å². The van der Waals surface area contributed by atoms with E-state index in [1.165, 1.54) is 109 Å². The standard InChI is InChI=1S/C75H125NO13/c1-3-5-7-9-11-13-15-17-19-20-21-22-23-24-25-26-27-28-29-30-31-32-33-34-35-36-37-38-39-40-41-42-43-44-45-47-49-51-53-55-57-59-67(80)76-63(64(79)58-56-54-52-50-48-46-18-16-14-12-10-8-6-4-2)62-86-74-72(85)70(83)73(66(61-78)88-74)89-75-71(84)69(82)68(81)65(60-77)87-75/h5,7,11,13,17,19,21-22,24-25,27-28,30-31,33-34,36-37,48,50,56,58,63-66,68-75,77-79,81-85H,3-4,6,8-10,12,14-16,18,20,23,26,29,32,35,38-47,49,51-55,57,59-62H2,1-2H3,(H,76,80)/b7-5-,13-11-,19-17-,22-21-,25-24-,28-27-,31-30-,34-33-,37-36-,50-48+,58-56+. The highest BCUT2D eigenvalue weighted by Gasteiger charge is 2.51. The topological polar surface area (TPSA) is 228 Å². The van der Waals surface area contributed by atoms with E-state index in [0.29, 0.717) is 12.8 Å². The van der Waals surface area contributed by atoms with Gasteiger partial charge in [-0.3, -0.25) is 4.79 Å². The fraction of sp³-hybridized carbons (Fsp3) is 0.693. The van der Waals surface area contributed by atoms with Gasteiger partial charge in [-0.25, -0.2) is 0 Å². The normalized spacial score (nSPS) is 23.9. The van der Waals surface area contributed by atoms with Gasteiger partial charge in [-0.1, -0.05) is 263 Å².